The molecule has 4 rings (SSSR count). The lowest BCUT2D eigenvalue weighted by Gasteiger charge is -2.40. The van der Waals surface area contributed by atoms with Gasteiger partial charge in [-0.1, -0.05) is 6.92 Å². The monoisotopic (exact) mass is 486 g/mol. The van der Waals surface area contributed by atoms with Crippen molar-refractivity contribution < 1.29 is 38.9 Å². The van der Waals surface area contributed by atoms with Gasteiger partial charge >= 0.3 is 0 Å². The normalized spacial score (nSPS) is 24.4. The van der Waals surface area contributed by atoms with E-state index in [4.69, 9.17) is 9.47 Å². The Balaban J connectivity index is 1.81. The van der Waals surface area contributed by atoms with Gasteiger partial charge in [-0.15, -0.1) is 0 Å². The molecule has 188 valence electrons. The first-order valence-corrected chi connectivity index (χ1v) is 11.8. The minimum atomic E-state index is -1.25. The van der Waals surface area contributed by atoms with E-state index >= 15 is 0 Å². The number of aldehydes is 1. The van der Waals surface area contributed by atoms with E-state index in [0.717, 1.165) is 12.8 Å². The van der Waals surface area contributed by atoms with Crippen molar-refractivity contribution in [3.8, 4) is 11.5 Å². The van der Waals surface area contributed by atoms with E-state index in [2.05, 4.69) is 5.32 Å². The number of amides is 2. The number of benzene rings is 1. The number of ketones is 1. The lowest BCUT2D eigenvalue weighted by molar-refractivity contribution is -0.148. The van der Waals surface area contributed by atoms with Gasteiger partial charge in [-0.25, -0.2) is 0 Å². The van der Waals surface area contributed by atoms with Crippen molar-refractivity contribution in [2.75, 3.05) is 26.8 Å². The van der Waals surface area contributed by atoms with Crippen LogP contribution in [0.3, 0.4) is 0 Å². The molecule has 0 bridgehead atoms. The molecular weight excluding hydrogens is 456 g/mol. The fourth-order valence-corrected chi connectivity index (χ4v) is 4.79. The third-order valence-corrected chi connectivity index (χ3v) is 6.74. The molecule has 3 N–H and O–H groups in total. The predicted molar refractivity (Wildman–Crippen MR) is 123 cm³/mol. The van der Waals surface area contributed by atoms with Crippen molar-refractivity contribution in [3.63, 3.8) is 0 Å². The van der Waals surface area contributed by atoms with Crippen molar-refractivity contribution in [1.29, 1.82) is 0 Å². The van der Waals surface area contributed by atoms with Gasteiger partial charge in [0.25, 0.3) is 5.91 Å². The van der Waals surface area contributed by atoms with Crippen LogP contribution in [-0.4, -0.2) is 84.1 Å². The number of methoxy groups -OCH3 is 1. The molecule has 10 nitrogen and oxygen atoms in total. The molecule has 0 radical (unpaired) electrons. The number of aliphatic hydroxyl groups is 2. The van der Waals surface area contributed by atoms with Crippen LogP contribution in [0.25, 0.3) is 0 Å². The van der Waals surface area contributed by atoms with Crippen LogP contribution < -0.4 is 14.8 Å². The fraction of sp³-hybridized carbons (Fsp3) is 0.520. The number of nitrogens with zero attached hydrogens (tertiary/aromatic N) is 1. The molecule has 1 saturated carbocycles. The van der Waals surface area contributed by atoms with Crippen LogP contribution in [0.15, 0.2) is 23.8 Å². The number of carbonyl (C=O) groups is 4. The third-order valence-electron chi connectivity index (χ3n) is 6.74. The Hall–Kier alpha value is -3.24. The summed E-state index contributed by atoms with van der Waals surface area (Å²) in [6, 6.07) is 2.12. The number of hydrogen-bond acceptors (Lipinski definition) is 8. The molecule has 0 unspecified atom stereocenters. The second-order valence-electron chi connectivity index (χ2n) is 9.08. The first kappa shape index (κ1) is 24.9. The van der Waals surface area contributed by atoms with E-state index < -0.39 is 41.8 Å². The quantitative estimate of drug-likeness (QED) is 0.318. The Labute approximate surface area is 202 Å². The van der Waals surface area contributed by atoms with E-state index in [1.807, 2.05) is 0 Å². The molecule has 2 amide bonds. The maximum atomic E-state index is 13.2. The highest BCUT2D eigenvalue weighted by molar-refractivity contribution is 6.36. The zero-order chi connectivity index (χ0) is 25.3. The van der Waals surface area contributed by atoms with E-state index in [9.17, 15) is 29.4 Å². The predicted octanol–water partition coefficient (Wildman–Crippen LogP) is 0.348. The van der Waals surface area contributed by atoms with Crippen molar-refractivity contribution in [1.82, 2.24) is 10.2 Å². The minimum Gasteiger partial charge on any atom is -0.493 e. The molecule has 0 aromatic heterocycles. The molecule has 0 spiro atoms. The molecule has 4 atom stereocenters. The Kier molecular flexibility index (Phi) is 7.23. The number of aliphatic hydroxyl groups excluding tert-OH is 2. The average Bonchev–Trinajstić information content (AvgIpc) is 3.62. The molecule has 10 heteroatoms. The smallest absolute Gasteiger partial charge is 0.290 e. The van der Waals surface area contributed by atoms with Gasteiger partial charge in [0, 0.05) is 36.2 Å². The molecule has 1 aliphatic heterocycles. The molecule has 1 heterocycles. The summed E-state index contributed by atoms with van der Waals surface area (Å²) < 4.78 is 11.5. The summed E-state index contributed by atoms with van der Waals surface area (Å²) in [4.78, 5) is 51.4. The Bertz CT molecular complexity index is 1060. The minimum absolute atomic E-state index is 0.00519. The first-order chi connectivity index (χ1) is 16.8. The van der Waals surface area contributed by atoms with Gasteiger partial charge in [0.05, 0.1) is 25.7 Å². The van der Waals surface area contributed by atoms with E-state index in [0.29, 0.717) is 23.2 Å². The zero-order valence-electron chi connectivity index (χ0n) is 19.7. The van der Waals surface area contributed by atoms with Crippen molar-refractivity contribution in [2.24, 2.45) is 5.92 Å². The lowest BCUT2D eigenvalue weighted by atomic mass is 9.77. The number of hydrogen-bond donors (Lipinski definition) is 3. The first-order valence-electron chi connectivity index (χ1n) is 11.8. The lowest BCUT2D eigenvalue weighted by Crippen LogP contribution is -2.57. The highest BCUT2D eigenvalue weighted by Gasteiger charge is 2.52. The highest BCUT2D eigenvalue weighted by atomic mass is 16.5. The summed E-state index contributed by atoms with van der Waals surface area (Å²) in [6.45, 7) is 1.62. The Morgan fingerprint density at radius 3 is 2.63 bits per heavy atom. The van der Waals surface area contributed by atoms with Gasteiger partial charge in [0.15, 0.2) is 11.5 Å². The highest BCUT2D eigenvalue weighted by Crippen LogP contribution is 2.51. The summed E-state index contributed by atoms with van der Waals surface area (Å²) in [7, 11) is 1.42. The standard InChI is InChI=1S/C25H30N2O8/c1-3-18(30)25(33)27(11-13-4-5-13)17-10-16(24(32)26-6-7-28)20-15-8-14(12-29)9-19(34-2)22(15)35-23(20)21(17)31/h8-10,12-13,17,20-21,23,28,31H,3-7,11H2,1-2H3,(H,26,32)/t17-,20+,21+,23+/m1/s1. The van der Waals surface area contributed by atoms with Gasteiger partial charge in [-0.2, -0.15) is 0 Å². The summed E-state index contributed by atoms with van der Waals surface area (Å²) in [5.41, 5.74) is 1.04. The SMILES string of the molecule is CCC(=O)C(=O)N(CC1CC1)[C@@H]1C=C(C(=O)NCCO)[C@@H]2c3cc(C=O)cc(OC)c3O[C@@H]2[C@H]1O. The summed E-state index contributed by atoms with van der Waals surface area (Å²) in [5.74, 6) is -1.71. The van der Waals surface area contributed by atoms with Crippen LogP contribution in [0.5, 0.6) is 11.5 Å². The molecule has 0 saturated heterocycles. The number of carbonyl (C=O) groups excluding carboxylic acids is 4. The average molecular weight is 487 g/mol. The summed E-state index contributed by atoms with van der Waals surface area (Å²) in [6.07, 6.45) is 1.81. The van der Waals surface area contributed by atoms with Crippen LogP contribution in [0.1, 0.15) is 48.0 Å². The number of fused-ring (bicyclic) bond motifs is 3. The maximum Gasteiger partial charge on any atom is 0.290 e. The Morgan fingerprint density at radius 1 is 1.29 bits per heavy atom. The van der Waals surface area contributed by atoms with Gasteiger partial charge in [0.1, 0.15) is 18.5 Å². The number of Topliss-reactive ketones (excluding diaryl/α,β-unsaturated/α-hetero) is 1. The van der Waals surface area contributed by atoms with Crippen LogP contribution in [-0.2, 0) is 14.4 Å². The molecule has 3 aliphatic rings. The second kappa shape index (κ2) is 10.2. The topological polar surface area (TPSA) is 142 Å². The van der Waals surface area contributed by atoms with Crippen LogP contribution in [0.4, 0.5) is 0 Å². The maximum absolute atomic E-state index is 13.2. The van der Waals surface area contributed by atoms with Gasteiger partial charge in [-0.05, 0) is 37.0 Å². The number of nitrogens with one attached hydrogen (secondary N) is 1. The molecule has 35 heavy (non-hydrogen) atoms. The third kappa shape index (κ3) is 4.68. The van der Waals surface area contributed by atoms with Crippen LogP contribution in [0.2, 0.25) is 0 Å². The fourth-order valence-electron chi connectivity index (χ4n) is 4.79. The molecule has 1 aromatic rings. The number of rotatable bonds is 10. The van der Waals surface area contributed by atoms with Gasteiger partial charge in [0.2, 0.25) is 11.7 Å². The van der Waals surface area contributed by atoms with Crippen molar-refractivity contribution >= 4 is 23.9 Å². The van der Waals surface area contributed by atoms with Crippen molar-refractivity contribution in [2.45, 2.75) is 50.4 Å². The van der Waals surface area contributed by atoms with Crippen LogP contribution in [0, 0.1) is 5.92 Å². The number of ether oxygens (including phenoxy) is 2. The molecule has 1 fully saturated rings. The summed E-state index contributed by atoms with van der Waals surface area (Å²) >= 11 is 0. The van der Waals surface area contributed by atoms with E-state index in [1.54, 1.807) is 13.0 Å². The zero-order valence-corrected chi connectivity index (χ0v) is 19.7. The Morgan fingerprint density at radius 2 is 2.03 bits per heavy atom. The van der Waals surface area contributed by atoms with Gasteiger partial charge < -0.3 is 29.9 Å². The molecule has 1 aromatic carbocycles. The largest absolute Gasteiger partial charge is 0.493 e. The van der Waals surface area contributed by atoms with E-state index in [1.165, 1.54) is 24.2 Å². The molecule has 2 aliphatic carbocycles. The van der Waals surface area contributed by atoms with Crippen molar-refractivity contribution in [3.05, 3.63) is 34.9 Å². The summed E-state index contributed by atoms with van der Waals surface area (Å²) in [5, 5.41) is 23.3. The van der Waals surface area contributed by atoms with Crippen LogP contribution >= 0.6 is 0 Å². The second-order valence-corrected chi connectivity index (χ2v) is 9.08. The molecular formula is C25H30N2O8. The van der Waals surface area contributed by atoms with E-state index in [-0.39, 0.29) is 43.4 Å². The van der Waals surface area contributed by atoms with Gasteiger partial charge in [-0.3, -0.25) is 19.2 Å².